The predicted octanol–water partition coefficient (Wildman–Crippen LogP) is 2.40. The Bertz CT molecular complexity index is 840. The van der Waals surface area contributed by atoms with Crippen molar-refractivity contribution in [2.75, 3.05) is 37.7 Å². The van der Waals surface area contributed by atoms with Crippen molar-refractivity contribution >= 4 is 11.7 Å². The molecule has 1 aromatic heterocycles. The molecular formula is C21H24N4O3. The van der Waals surface area contributed by atoms with Gasteiger partial charge in [-0.1, -0.05) is 36.4 Å². The minimum Gasteiger partial charge on any atom is -0.356 e. The van der Waals surface area contributed by atoms with E-state index < -0.39 is 5.79 Å². The number of hydrogen-bond acceptors (Lipinski definition) is 6. The summed E-state index contributed by atoms with van der Waals surface area (Å²) in [6.07, 6.45) is 3.19. The summed E-state index contributed by atoms with van der Waals surface area (Å²) in [4.78, 5) is 23.9. The minimum atomic E-state index is -0.448. The van der Waals surface area contributed by atoms with E-state index in [9.17, 15) is 4.79 Å². The summed E-state index contributed by atoms with van der Waals surface area (Å²) in [5.41, 5.74) is 1.22. The molecule has 7 heteroatoms. The highest BCUT2D eigenvalue weighted by Gasteiger charge is 2.40. The number of nitrogens with zero attached hydrogens (tertiary/aromatic N) is 3. The quantitative estimate of drug-likeness (QED) is 0.803. The molecule has 0 bridgehead atoms. The van der Waals surface area contributed by atoms with Crippen LogP contribution in [0.5, 0.6) is 0 Å². The van der Waals surface area contributed by atoms with Crippen LogP contribution in [0.25, 0.3) is 11.4 Å². The number of piperidine rings is 1. The maximum atomic E-state index is 12.5. The van der Waals surface area contributed by atoms with E-state index in [4.69, 9.17) is 14.5 Å². The van der Waals surface area contributed by atoms with Crippen molar-refractivity contribution in [3.05, 3.63) is 54.7 Å². The van der Waals surface area contributed by atoms with Crippen LogP contribution in [0.1, 0.15) is 23.3 Å². The summed E-state index contributed by atoms with van der Waals surface area (Å²) in [7, 11) is 0. The largest absolute Gasteiger partial charge is 0.356 e. The van der Waals surface area contributed by atoms with Gasteiger partial charge in [-0.2, -0.15) is 0 Å². The van der Waals surface area contributed by atoms with Gasteiger partial charge in [0.1, 0.15) is 11.5 Å². The number of aromatic nitrogens is 2. The molecule has 2 aliphatic rings. The zero-order valence-electron chi connectivity index (χ0n) is 15.8. The summed E-state index contributed by atoms with van der Waals surface area (Å²) in [6.45, 7) is 6.83. The monoisotopic (exact) mass is 380 g/mol. The number of carbonyl (C=O) groups is 1. The van der Waals surface area contributed by atoms with Crippen LogP contribution < -0.4 is 10.2 Å². The van der Waals surface area contributed by atoms with E-state index >= 15 is 0 Å². The van der Waals surface area contributed by atoms with Crippen molar-refractivity contribution in [3.8, 4) is 11.4 Å². The van der Waals surface area contributed by atoms with Crippen LogP contribution in [0.2, 0.25) is 0 Å². The van der Waals surface area contributed by atoms with E-state index in [1.54, 1.807) is 12.1 Å². The van der Waals surface area contributed by atoms with Gasteiger partial charge in [0.05, 0.1) is 13.2 Å². The lowest BCUT2D eigenvalue weighted by Crippen LogP contribution is -2.45. The van der Waals surface area contributed by atoms with E-state index in [1.165, 1.54) is 0 Å². The Hall–Kier alpha value is -2.77. The lowest BCUT2D eigenvalue weighted by Gasteiger charge is -2.38. The summed E-state index contributed by atoms with van der Waals surface area (Å²) >= 11 is 0. The van der Waals surface area contributed by atoms with Crippen molar-refractivity contribution in [3.63, 3.8) is 0 Å². The molecule has 4 rings (SSSR count). The highest BCUT2D eigenvalue weighted by Crippen LogP contribution is 2.33. The molecule has 2 aromatic rings. The molecule has 0 atom stereocenters. The van der Waals surface area contributed by atoms with E-state index in [-0.39, 0.29) is 5.91 Å². The van der Waals surface area contributed by atoms with Gasteiger partial charge in [0.15, 0.2) is 11.6 Å². The standard InChI is InChI=1S/C21H24N4O3/c1-2-10-22-20(26)17-15-18(24-19(23-17)16-6-4-3-5-7-16)25-11-8-21(9-12-25)27-13-14-28-21/h2-7,15H,1,8-14H2,(H,22,26). The molecule has 0 unspecified atom stereocenters. The smallest absolute Gasteiger partial charge is 0.270 e. The molecule has 28 heavy (non-hydrogen) atoms. The Labute approximate surface area is 164 Å². The van der Waals surface area contributed by atoms with E-state index in [1.807, 2.05) is 30.3 Å². The van der Waals surface area contributed by atoms with Crippen LogP contribution in [0.15, 0.2) is 49.1 Å². The van der Waals surface area contributed by atoms with Gasteiger partial charge in [-0.15, -0.1) is 6.58 Å². The average Bonchev–Trinajstić information content (AvgIpc) is 3.20. The molecular weight excluding hydrogens is 356 g/mol. The number of anilines is 1. The molecule has 146 valence electrons. The van der Waals surface area contributed by atoms with E-state index in [2.05, 4.69) is 21.8 Å². The van der Waals surface area contributed by atoms with Crippen molar-refractivity contribution < 1.29 is 14.3 Å². The van der Waals surface area contributed by atoms with Crippen LogP contribution in [0.4, 0.5) is 5.82 Å². The fraction of sp³-hybridized carbons (Fsp3) is 0.381. The number of carbonyl (C=O) groups excluding carboxylic acids is 1. The first-order chi connectivity index (χ1) is 13.7. The first kappa shape index (κ1) is 18.6. The number of ether oxygens (including phenoxy) is 2. The van der Waals surface area contributed by atoms with Gasteiger partial charge in [0, 0.05) is 44.1 Å². The molecule has 0 radical (unpaired) electrons. The fourth-order valence-electron chi connectivity index (χ4n) is 3.55. The van der Waals surface area contributed by atoms with Crippen LogP contribution in [-0.2, 0) is 9.47 Å². The van der Waals surface area contributed by atoms with E-state index in [0.29, 0.717) is 31.3 Å². The molecule has 2 saturated heterocycles. The number of rotatable bonds is 5. The lowest BCUT2D eigenvalue weighted by molar-refractivity contribution is -0.169. The molecule has 2 fully saturated rings. The van der Waals surface area contributed by atoms with Gasteiger partial charge in [-0.3, -0.25) is 4.79 Å². The van der Waals surface area contributed by atoms with Crippen LogP contribution >= 0.6 is 0 Å². The highest BCUT2D eigenvalue weighted by atomic mass is 16.7. The minimum absolute atomic E-state index is 0.239. The predicted molar refractivity (Wildman–Crippen MR) is 106 cm³/mol. The zero-order valence-corrected chi connectivity index (χ0v) is 15.8. The normalized spacial score (nSPS) is 18.2. The molecule has 0 saturated carbocycles. The Morgan fingerprint density at radius 3 is 2.57 bits per heavy atom. The van der Waals surface area contributed by atoms with Gasteiger partial charge >= 0.3 is 0 Å². The number of nitrogens with one attached hydrogen (secondary N) is 1. The van der Waals surface area contributed by atoms with Crippen LogP contribution in [0.3, 0.4) is 0 Å². The van der Waals surface area contributed by atoms with Gasteiger partial charge in [0.2, 0.25) is 0 Å². The third-order valence-corrected chi connectivity index (χ3v) is 5.05. The summed E-state index contributed by atoms with van der Waals surface area (Å²) in [5.74, 6) is 0.591. The Morgan fingerprint density at radius 1 is 1.18 bits per heavy atom. The second-order valence-corrected chi connectivity index (χ2v) is 6.89. The van der Waals surface area contributed by atoms with Crippen molar-refractivity contribution in [1.29, 1.82) is 0 Å². The molecule has 7 nitrogen and oxygen atoms in total. The zero-order chi connectivity index (χ0) is 19.4. The van der Waals surface area contributed by atoms with Crippen molar-refractivity contribution in [2.45, 2.75) is 18.6 Å². The summed E-state index contributed by atoms with van der Waals surface area (Å²) < 4.78 is 11.6. The molecule has 3 heterocycles. The molecule has 1 amide bonds. The molecule has 0 aliphatic carbocycles. The molecule has 1 spiro atoms. The fourth-order valence-corrected chi connectivity index (χ4v) is 3.55. The molecule has 1 N–H and O–H groups in total. The third-order valence-electron chi connectivity index (χ3n) is 5.05. The second-order valence-electron chi connectivity index (χ2n) is 6.89. The highest BCUT2D eigenvalue weighted by molar-refractivity contribution is 5.93. The van der Waals surface area contributed by atoms with E-state index in [0.717, 1.165) is 37.3 Å². The van der Waals surface area contributed by atoms with Crippen molar-refractivity contribution in [1.82, 2.24) is 15.3 Å². The van der Waals surface area contributed by atoms with Gasteiger partial charge < -0.3 is 19.7 Å². The Kier molecular flexibility index (Phi) is 5.36. The van der Waals surface area contributed by atoms with Gasteiger partial charge in [0.25, 0.3) is 5.91 Å². The first-order valence-corrected chi connectivity index (χ1v) is 9.56. The summed E-state index contributed by atoms with van der Waals surface area (Å²) in [5, 5.41) is 2.79. The van der Waals surface area contributed by atoms with Crippen LogP contribution in [0, 0.1) is 0 Å². The second kappa shape index (κ2) is 8.08. The number of benzene rings is 1. The first-order valence-electron chi connectivity index (χ1n) is 9.56. The topological polar surface area (TPSA) is 76.6 Å². The maximum Gasteiger partial charge on any atom is 0.270 e. The average molecular weight is 380 g/mol. The SMILES string of the molecule is C=CCNC(=O)c1cc(N2CCC3(CC2)OCCO3)nc(-c2ccccc2)n1. The van der Waals surface area contributed by atoms with Crippen molar-refractivity contribution in [2.24, 2.45) is 0 Å². The number of hydrogen-bond donors (Lipinski definition) is 1. The third kappa shape index (κ3) is 3.90. The Balaban J connectivity index is 1.62. The Morgan fingerprint density at radius 2 is 1.89 bits per heavy atom. The van der Waals surface area contributed by atoms with Gasteiger partial charge in [-0.05, 0) is 0 Å². The maximum absolute atomic E-state index is 12.5. The molecule has 1 aromatic carbocycles. The van der Waals surface area contributed by atoms with Crippen LogP contribution in [-0.4, -0.2) is 54.5 Å². The number of amides is 1. The lowest BCUT2D eigenvalue weighted by atomic mass is 10.0. The molecule has 2 aliphatic heterocycles. The van der Waals surface area contributed by atoms with Gasteiger partial charge in [-0.25, -0.2) is 9.97 Å². The summed E-state index contributed by atoms with van der Waals surface area (Å²) in [6, 6.07) is 11.4.